The van der Waals surface area contributed by atoms with Gasteiger partial charge in [0.05, 0.1) is 12.0 Å². The van der Waals surface area contributed by atoms with Crippen molar-refractivity contribution in [2.24, 2.45) is 10.4 Å². The molecule has 0 saturated carbocycles. The van der Waals surface area contributed by atoms with E-state index in [0.29, 0.717) is 19.6 Å². The Labute approximate surface area is 199 Å². The molecule has 2 heterocycles. The molecule has 0 unspecified atom stereocenters. The van der Waals surface area contributed by atoms with E-state index in [4.69, 9.17) is 0 Å². The van der Waals surface area contributed by atoms with Crippen LogP contribution in [0.1, 0.15) is 46.5 Å². The van der Waals surface area contributed by atoms with Crippen LogP contribution in [0.15, 0.2) is 4.99 Å². The van der Waals surface area contributed by atoms with Gasteiger partial charge in [-0.3, -0.25) is 19.5 Å². The van der Waals surface area contributed by atoms with Crippen molar-refractivity contribution < 1.29 is 9.59 Å². The Kier molecular flexibility index (Phi) is 12.0. The zero-order chi connectivity index (χ0) is 21.3. The van der Waals surface area contributed by atoms with E-state index in [2.05, 4.69) is 25.4 Å². The third-order valence-electron chi connectivity index (χ3n) is 5.84. The van der Waals surface area contributed by atoms with Crippen LogP contribution >= 0.6 is 24.0 Å². The molecule has 174 valence electrons. The molecule has 0 aromatic rings. The molecule has 30 heavy (non-hydrogen) atoms. The smallest absolute Gasteiger partial charge is 0.236 e. The summed E-state index contributed by atoms with van der Waals surface area (Å²) in [6, 6.07) is 0. The zero-order valence-corrected chi connectivity index (χ0v) is 21.5. The number of hydrogen-bond acceptors (Lipinski definition) is 4. The first-order valence-electron chi connectivity index (χ1n) is 11.1. The molecule has 0 bridgehead atoms. The largest absolute Gasteiger partial charge is 0.356 e. The number of carbonyl (C=O) groups excluding carboxylic acids is 2. The van der Waals surface area contributed by atoms with E-state index in [0.717, 1.165) is 58.1 Å². The summed E-state index contributed by atoms with van der Waals surface area (Å²) in [6.07, 6.45) is 4.75. The van der Waals surface area contributed by atoms with Crippen LogP contribution in [0.3, 0.4) is 0 Å². The molecule has 2 amide bonds. The number of guanidine groups is 1. The highest BCUT2D eigenvalue weighted by Crippen LogP contribution is 2.14. The zero-order valence-electron chi connectivity index (χ0n) is 19.2. The molecule has 8 nitrogen and oxygen atoms in total. The van der Waals surface area contributed by atoms with E-state index in [9.17, 15) is 9.59 Å². The molecular weight excluding hydrogens is 495 g/mol. The number of hydrogen-bond donors (Lipinski definition) is 2. The Hall–Kier alpha value is -1.10. The van der Waals surface area contributed by atoms with Gasteiger partial charge in [-0.2, -0.15) is 0 Å². The first-order chi connectivity index (χ1) is 13.9. The minimum atomic E-state index is -0.507. The lowest BCUT2D eigenvalue weighted by atomic mass is 9.92. The second-order valence-corrected chi connectivity index (χ2v) is 8.70. The van der Waals surface area contributed by atoms with Crippen molar-refractivity contribution >= 4 is 41.8 Å². The molecule has 0 spiro atoms. The number of aliphatic imine (C=N–C) groups is 1. The van der Waals surface area contributed by atoms with E-state index >= 15 is 0 Å². The molecule has 2 fully saturated rings. The number of piperazine rings is 1. The number of amides is 2. The summed E-state index contributed by atoms with van der Waals surface area (Å²) in [5, 5.41) is 6.24. The highest BCUT2D eigenvalue weighted by atomic mass is 127. The van der Waals surface area contributed by atoms with E-state index in [1.165, 1.54) is 12.8 Å². The molecule has 0 atom stereocenters. The SMILES string of the molecule is CCNC(=O)C(C)(C)CNC(=NC)N1CCN(CC(=O)N2CCCCCC2)CC1.I. The Bertz CT molecular complexity index is 568. The first-order valence-corrected chi connectivity index (χ1v) is 11.1. The van der Waals surface area contributed by atoms with Crippen molar-refractivity contribution in [2.45, 2.75) is 46.5 Å². The minimum absolute atomic E-state index is 0. The molecule has 9 heteroatoms. The predicted octanol–water partition coefficient (Wildman–Crippen LogP) is 1.36. The number of nitrogens with zero attached hydrogens (tertiary/aromatic N) is 4. The molecule has 2 aliphatic heterocycles. The molecule has 0 aliphatic carbocycles. The van der Waals surface area contributed by atoms with Gasteiger partial charge in [0, 0.05) is 59.4 Å². The molecule has 2 N–H and O–H groups in total. The van der Waals surface area contributed by atoms with Crippen LogP contribution in [0.2, 0.25) is 0 Å². The number of rotatable bonds is 6. The Morgan fingerprint density at radius 1 is 0.900 bits per heavy atom. The maximum Gasteiger partial charge on any atom is 0.236 e. The number of halogens is 1. The summed E-state index contributed by atoms with van der Waals surface area (Å²) in [5.41, 5.74) is -0.507. The fourth-order valence-corrected chi connectivity index (χ4v) is 3.84. The average molecular weight is 537 g/mol. The van der Waals surface area contributed by atoms with Gasteiger partial charge < -0.3 is 20.4 Å². The standard InChI is InChI=1S/C21H40N6O2.HI/c1-5-23-19(29)21(2,3)17-24-20(22-4)27-14-12-25(13-15-27)16-18(28)26-10-8-6-7-9-11-26;/h5-17H2,1-4H3,(H,22,24)(H,23,29);1H. The fraction of sp³-hybridized carbons (Fsp3) is 0.857. The minimum Gasteiger partial charge on any atom is -0.356 e. The van der Waals surface area contributed by atoms with Gasteiger partial charge in [-0.25, -0.2) is 0 Å². The van der Waals surface area contributed by atoms with Gasteiger partial charge in [-0.05, 0) is 33.6 Å². The molecule has 2 aliphatic rings. The van der Waals surface area contributed by atoms with Crippen LogP contribution in [0.25, 0.3) is 0 Å². The number of carbonyl (C=O) groups is 2. The van der Waals surface area contributed by atoms with Crippen molar-refractivity contribution in [3.63, 3.8) is 0 Å². The van der Waals surface area contributed by atoms with Gasteiger partial charge in [0.1, 0.15) is 0 Å². The van der Waals surface area contributed by atoms with Crippen molar-refractivity contribution in [3.05, 3.63) is 0 Å². The maximum absolute atomic E-state index is 12.6. The summed E-state index contributed by atoms with van der Waals surface area (Å²) >= 11 is 0. The van der Waals surface area contributed by atoms with E-state index in [1.54, 1.807) is 7.05 Å². The lowest BCUT2D eigenvalue weighted by Gasteiger charge is -2.37. The summed E-state index contributed by atoms with van der Waals surface area (Å²) in [5.74, 6) is 1.13. The molecule has 2 rings (SSSR count). The summed E-state index contributed by atoms with van der Waals surface area (Å²) in [6.45, 7) is 12.7. The quantitative estimate of drug-likeness (QED) is 0.305. The van der Waals surface area contributed by atoms with Crippen LogP contribution in [0.4, 0.5) is 0 Å². The lowest BCUT2D eigenvalue weighted by Crippen LogP contribution is -2.55. The maximum atomic E-state index is 12.6. The van der Waals surface area contributed by atoms with Gasteiger partial charge in [0.25, 0.3) is 0 Å². The summed E-state index contributed by atoms with van der Waals surface area (Å²) in [7, 11) is 1.77. The van der Waals surface area contributed by atoms with Crippen molar-refractivity contribution in [2.75, 3.05) is 66.0 Å². The highest BCUT2D eigenvalue weighted by Gasteiger charge is 2.29. The first kappa shape index (κ1) is 26.9. The van der Waals surface area contributed by atoms with Crippen LogP contribution in [0, 0.1) is 5.41 Å². The van der Waals surface area contributed by atoms with Crippen LogP contribution in [0.5, 0.6) is 0 Å². The van der Waals surface area contributed by atoms with Crippen molar-refractivity contribution in [3.8, 4) is 0 Å². The van der Waals surface area contributed by atoms with Crippen LogP contribution in [-0.4, -0.2) is 98.4 Å². The number of likely N-dealkylation sites (tertiary alicyclic amines) is 1. The van der Waals surface area contributed by atoms with Crippen LogP contribution in [-0.2, 0) is 9.59 Å². The van der Waals surface area contributed by atoms with E-state index in [1.807, 2.05) is 25.7 Å². The van der Waals surface area contributed by atoms with Gasteiger partial charge in [0.15, 0.2) is 5.96 Å². The van der Waals surface area contributed by atoms with E-state index < -0.39 is 5.41 Å². The van der Waals surface area contributed by atoms with Crippen molar-refractivity contribution in [1.82, 2.24) is 25.3 Å². The Morgan fingerprint density at radius 3 is 2.03 bits per heavy atom. The molecule has 2 saturated heterocycles. The number of nitrogens with one attached hydrogen (secondary N) is 2. The Balaban J connectivity index is 0.00000450. The van der Waals surface area contributed by atoms with Gasteiger partial charge in [0.2, 0.25) is 11.8 Å². The van der Waals surface area contributed by atoms with Crippen LogP contribution < -0.4 is 10.6 Å². The summed E-state index contributed by atoms with van der Waals surface area (Å²) in [4.78, 5) is 35.7. The second kappa shape index (κ2) is 13.3. The monoisotopic (exact) mass is 536 g/mol. The third-order valence-corrected chi connectivity index (χ3v) is 5.84. The van der Waals surface area contributed by atoms with Gasteiger partial charge in [-0.1, -0.05) is 12.8 Å². The molecular formula is C21H41IN6O2. The van der Waals surface area contributed by atoms with Crippen molar-refractivity contribution in [1.29, 1.82) is 0 Å². The fourth-order valence-electron chi connectivity index (χ4n) is 3.84. The molecule has 0 radical (unpaired) electrons. The second-order valence-electron chi connectivity index (χ2n) is 8.70. The lowest BCUT2D eigenvalue weighted by molar-refractivity contribution is -0.132. The topological polar surface area (TPSA) is 80.3 Å². The highest BCUT2D eigenvalue weighted by molar-refractivity contribution is 14.0. The third kappa shape index (κ3) is 8.20. The average Bonchev–Trinajstić information content (AvgIpc) is 2.99. The van der Waals surface area contributed by atoms with E-state index in [-0.39, 0.29) is 35.8 Å². The van der Waals surface area contributed by atoms with Gasteiger partial charge in [-0.15, -0.1) is 24.0 Å². The summed E-state index contributed by atoms with van der Waals surface area (Å²) < 4.78 is 0. The Morgan fingerprint density at radius 2 is 1.50 bits per heavy atom. The molecule has 0 aromatic carbocycles. The predicted molar refractivity (Wildman–Crippen MR) is 132 cm³/mol. The van der Waals surface area contributed by atoms with Gasteiger partial charge >= 0.3 is 0 Å². The molecule has 0 aromatic heterocycles. The normalized spacial score (nSPS) is 19.0.